The van der Waals surface area contributed by atoms with E-state index in [4.69, 9.17) is 4.74 Å². The molecule has 2 heterocycles. The van der Waals surface area contributed by atoms with Crippen molar-refractivity contribution in [2.45, 2.75) is 26.8 Å². The lowest BCUT2D eigenvalue weighted by Gasteiger charge is -2.34. The molecule has 1 aromatic rings. The van der Waals surface area contributed by atoms with E-state index in [9.17, 15) is 9.59 Å². The molecule has 0 bridgehead atoms. The molecule has 1 aliphatic rings. The predicted octanol–water partition coefficient (Wildman–Crippen LogP) is 0.893. The number of ether oxygens (including phenoxy) is 1. The highest BCUT2D eigenvalue weighted by Crippen LogP contribution is 2.13. The average molecular weight is 321 g/mol. The van der Waals surface area contributed by atoms with Crippen LogP contribution in [0.5, 0.6) is 0 Å². The lowest BCUT2D eigenvalue weighted by Crippen LogP contribution is -2.49. The quantitative estimate of drug-likeness (QED) is 0.886. The second kappa shape index (κ2) is 7.75. The van der Waals surface area contributed by atoms with Gasteiger partial charge < -0.3 is 19.9 Å². The first kappa shape index (κ1) is 17.0. The molecule has 0 radical (unpaired) electrons. The smallest absolute Gasteiger partial charge is 0.409 e. The number of aromatic nitrogens is 2. The molecule has 1 saturated heterocycles. The summed E-state index contributed by atoms with van der Waals surface area (Å²) < 4.78 is 4.99. The van der Waals surface area contributed by atoms with Gasteiger partial charge in [0.25, 0.3) is 5.91 Å². The van der Waals surface area contributed by atoms with Crippen LogP contribution in [0.3, 0.4) is 0 Å². The van der Waals surface area contributed by atoms with E-state index >= 15 is 0 Å². The molecule has 1 aromatic heterocycles. The first-order valence-electron chi connectivity index (χ1n) is 7.80. The molecule has 0 aliphatic carbocycles. The van der Waals surface area contributed by atoms with Crippen LogP contribution >= 0.6 is 0 Å². The van der Waals surface area contributed by atoms with E-state index in [2.05, 4.69) is 15.3 Å². The lowest BCUT2D eigenvalue weighted by molar-refractivity contribution is 0.0936. The van der Waals surface area contributed by atoms with Crippen molar-refractivity contribution in [3.05, 3.63) is 18.1 Å². The highest BCUT2D eigenvalue weighted by atomic mass is 16.6. The normalized spacial score (nSPS) is 14.8. The number of hydrogen-bond acceptors (Lipinski definition) is 6. The molecule has 0 saturated carbocycles. The van der Waals surface area contributed by atoms with Crippen molar-refractivity contribution >= 4 is 17.8 Å². The van der Waals surface area contributed by atoms with E-state index in [-0.39, 0.29) is 18.0 Å². The summed E-state index contributed by atoms with van der Waals surface area (Å²) in [6, 6.07) is 0.0555. The molecule has 1 fully saturated rings. The SMILES string of the molecule is CCOC(=O)N1CCN(c2cnc(C(=O)NC(C)C)cn2)CC1. The molecule has 0 unspecified atom stereocenters. The van der Waals surface area contributed by atoms with Gasteiger partial charge in [-0.2, -0.15) is 0 Å². The largest absolute Gasteiger partial charge is 0.450 e. The maximum Gasteiger partial charge on any atom is 0.409 e. The van der Waals surface area contributed by atoms with Crippen LogP contribution in [0, 0.1) is 0 Å². The van der Waals surface area contributed by atoms with E-state index in [0.717, 1.165) is 0 Å². The van der Waals surface area contributed by atoms with E-state index in [0.29, 0.717) is 44.3 Å². The lowest BCUT2D eigenvalue weighted by atomic mass is 10.3. The van der Waals surface area contributed by atoms with Crippen molar-refractivity contribution in [3.63, 3.8) is 0 Å². The van der Waals surface area contributed by atoms with E-state index < -0.39 is 0 Å². The zero-order valence-electron chi connectivity index (χ0n) is 13.8. The highest BCUT2D eigenvalue weighted by molar-refractivity contribution is 5.92. The molecule has 8 nitrogen and oxygen atoms in total. The first-order chi connectivity index (χ1) is 11.0. The molecule has 8 heteroatoms. The Morgan fingerprint density at radius 1 is 1.22 bits per heavy atom. The number of hydrogen-bond donors (Lipinski definition) is 1. The van der Waals surface area contributed by atoms with Crippen LogP contribution in [0.1, 0.15) is 31.3 Å². The molecule has 1 aliphatic heterocycles. The van der Waals surface area contributed by atoms with Gasteiger partial charge in [-0.25, -0.2) is 14.8 Å². The van der Waals surface area contributed by atoms with E-state index in [1.54, 1.807) is 18.0 Å². The molecule has 1 N–H and O–H groups in total. The van der Waals surface area contributed by atoms with Crippen LogP contribution in [0.4, 0.5) is 10.6 Å². The number of amides is 2. The zero-order valence-corrected chi connectivity index (χ0v) is 13.8. The Kier molecular flexibility index (Phi) is 5.72. The minimum absolute atomic E-state index is 0.0555. The van der Waals surface area contributed by atoms with Crippen LogP contribution in [-0.2, 0) is 4.74 Å². The minimum atomic E-state index is -0.279. The van der Waals surface area contributed by atoms with Crippen molar-refractivity contribution < 1.29 is 14.3 Å². The van der Waals surface area contributed by atoms with Gasteiger partial charge in [0.05, 0.1) is 19.0 Å². The predicted molar refractivity (Wildman–Crippen MR) is 85.4 cm³/mol. The summed E-state index contributed by atoms with van der Waals surface area (Å²) in [5.41, 5.74) is 0.299. The van der Waals surface area contributed by atoms with Gasteiger partial charge in [-0.1, -0.05) is 0 Å². The van der Waals surface area contributed by atoms with Gasteiger partial charge in [-0.15, -0.1) is 0 Å². The number of nitrogens with zero attached hydrogens (tertiary/aromatic N) is 4. The molecule has 0 atom stereocenters. The fourth-order valence-electron chi connectivity index (χ4n) is 2.27. The second-order valence-corrected chi connectivity index (χ2v) is 5.56. The molecule has 2 rings (SSSR count). The van der Waals surface area contributed by atoms with Crippen molar-refractivity contribution in [2.24, 2.45) is 0 Å². The fraction of sp³-hybridized carbons (Fsp3) is 0.600. The summed E-state index contributed by atoms with van der Waals surface area (Å²) in [6.45, 7) is 8.43. The third-order valence-corrected chi connectivity index (χ3v) is 3.42. The third kappa shape index (κ3) is 4.54. The Labute approximate surface area is 135 Å². The van der Waals surface area contributed by atoms with Crippen molar-refractivity contribution in [1.29, 1.82) is 0 Å². The molecule has 2 amide bonds. The Morgan fingerprint density at radius 3 is 2.43 bits per heavy atom. The Morgan fingerprint density at radius 2 is 1.91 bits per heavy atom. The van der Waals surface area contributed by atoms with Gasteiger partial charge in [-0.3, -0.25) is 4.79 Å². The third-order valence-electron chi connectivity index (χ3n) is 3.42. The maximum absolute atomic E-state index is 11.8. The summed E-state index contributed by atoms with van der Waals surface area (Å²) in [6.07, 6.45) is 2.79. The monoisotopic (exact) mass is 321 g/mol. The molecular weight excluding hydrogens is 298 g/mol. The molecule has 23 heavy (non-hydrogen) atoms. The van der Waals surface area contributed by atoms with Crippen LogP contribution in [-0.4, -0.2) is 65.7 Å². The summed E-state index contributed by atoms with van der Waals surface area (Å²) in [7, 11) is 0. The van der Waals surface area contributed by atoms with Gasteiger partial charge >= 0.3 is 6.09 Å². The van der Waals surface area contributed by atoms with E-state index in [1.165, 1.54) is 6.20 Å². The van der Waals surface area contributed by atoms with Crippen molar-refractivity contribution in [2.75, 3.05) is 37.7 Å². The number of carbonyl (C=O) groups is 2. The summed E-state index contributed by atoms with van der Waals surface area (Å²) in [5.74, 6) is 0.473. The van der Waals surface area contributed by atoms with Crippen LogP contribution < -0.4 is 10.2 Å². The highest BCUT2D eigenvalue weighted by Gasteiger charge is 2.23. The number of anilines is 1. The molecular formula is C15H23N5O3. The number of rotatable bonds is 4. The molecule has 0 spiro atoms. The Bertz CT molecular complexity index is 539. The minimum Gasteiger partial charge on any atom is -0.450 e. The van der Waals surface area contributed by atoms with Gasteiger partial charge in [-0.05, 0) is 20.8 Å². The zero-order chi connectivity index (χ0) is 16.8. The Hall–Kier alpha value is -2.38. The van der Waals surface area contributed by atoms with Crippen LogP contribution in [0.25, 0.3) is 0 Å². The summed E-state index contributed by atoms with van der Waals surface area (Å²) in [5, 5.41) is 2.78. The first-order valence-corrected chi connectivity index (χ1v) is 7.80. The van der Waals surface area contributed by atoms with Crippen LogP contribution in [0.2, 0.25) is 0 Å². The Balaban J connectivity index is 1.91. The van der Waals surface area contributed by atoms with Crippen LogP contribution in [0.15, 0.2) is 12.4 Å². The van der Waals surface area contributed by atoms with Crippen molar-refractivity contribution in [1.82, 2.24) is 20.2 Å². The van der Waals surface area contributed by atoms with Gasteiger partial charge in [0.15, 0.2) is 0 Å². The summed E-state index contributed by atoms with van der Waals surface area (Å²) >= 11 is 0. The standard InChI is InChI=1S/C15H23N5O3/c1-4-23-15(22)20-7-5-19(6-8-20)13-10-16-12(9-17-13)14(21)18-11(2)3/h9-11H,4-8H2,1-3H3,(H,18,21). The van der Waals surface area contributed by atoms with E-state index in [1.807, 2.05) is 18.7 Å². The number of nitrogens with one attached hydrogen (secondary N) is 1. The molecule has 0 aromatic carbocycles. The average Bonchev–Trinajstić information content (AvgIpc) is 2.55. The van der Waals surface area contributed by atoms with Gasteiger partial charge in [0.2, 0.25) is 0 Å². The summed E-state index contributed by atoms with van der Waals surface area (Å²) in [4.78, 5) is 35.7. The number of carbonyl (C=O) groups excluding carboxylic acids is 2. The molecule has 126 valence electrons. The van der Waals surface area contributed by atoms with Gasteiger partial charge in [0.1, 0.15) is 11.5 Å². The fourth-order valence-corrected chi connectivity index (χ4v) is 2.27. The number of piperazine rings is 1. The maximum atomic E-state index is 11.8. The van der Waals surface area contributed by atoms with Gasteiger partial charge in [0, 0.05) is 32.2 Å². The second-order valence-electron chi connectivity index (χ2n) is 5.56. The van der Waals surface area contributed by atoms with Crippen molar-refractivity contribution in [3.8, 4) is 0 Å². The topological polar surface area (TPSA) is 87.7 Å².